The molecule has 2 rings (SSSR count). The SMILES string of the molecule is CNCc1cnc(Oc2ccc(C(F)(F)F)cc2)c(Cl)c1. The van der Waals surface area contributed by atoms with Crippen LogP contribution in [-0.4, -0.2) is 12.0 Å². The minimum absolute atomic E-state index is 0.149. The summed E-state index contributed by atoms with van der Waals surface area (Å²) in [6, 6.07) is 6.02. The molecule has 21 heavy (non-hydrogen) atoms. The number of pyridine rings is 1. The van der Waals surface area contributed by atoms with Gasteiger partial charge in [0.2, 0.25) is 5.88 Å². The molecule has 0 atom stereocenters. The Labute approximate surface area is 124 Å². The molecule has 0 fully saturated rings. The van der Waals surface area contributed by atoms with Gasteiger partial charge in [-0.15, -0.1) is 0 Å². The van der Waals surface area contributed by atoms with Crippen molar-refractivity contribution in [3.05, 3.63) is 52.7 Å². The smallest absolute Gasteiger partial charge is 0.416 e. The first kappa shape index (κ1) is 15.6. The summed E-state index contributed by atoms with van der Waals surface area (Å²) >= 11 is 6.02. The van der Waals surface area contributed by atoms with Gasteiger partial charge in [0.05, 0.1) is 5.56 Å². The second kappa shape index (κ2) is 6.32. The van der Waals surface area contributed by atoms with E-state index in [1.54, 1.807) is 19.3 Å². The Bertz CT molecular complexity index is 615. The summed E-state index contributed by atoms with van der Waals surface area (Å²) in [6.07, 6.45) is -2.79. The molecule has 0 radical (unpaired) electrons. The average Bonchev–Trinajstić information content (AvgIpc) is 2.42. The van der Waals surface area contributed by atoms with E-state index in [9.17, 15) is 13.2 Å². The molecule has 0 amide bonds. The molecule has 0 unspecified atom stereocenters. The number of ether oxygens (including phenoxy) is 1. The van der Waals surface area contributed by atoms with Crippen molar-refractivity contribution in [2.24, 2.45) is 0 Å². The van der Waals surface area contributed by atoms with Crippen LogP contribution in [0.2, 0.25) is 5.02 Å². The fourth-order valence-electron chi connectivity index (χ4n) is 1.66. The summed E-state index contributed by atoms with van der Waals surface area (Å²) in [5, 5.41) is 3.25. The van der Waals surface area contributed by atoms with Crippen LogP contribution in [0.1, 0.15) is 11.1 Å². The van der Waals surface area contributed by atoms with Crippen LogP contribution in [0.3, 0.4) is 0 Å². The third kappa shape index (κ3) is 4.09. The molecule has 0 saturated heterocycles. The Kier molecular flexibility index (Phi) is 4.69. The molecule has 0 spiro atoms. The zero-order chi connectivity index (χ0) is 15.5. The Morgan fingerprint density at radius 3 is 2.43 bits per heavy atom. The van der Waals surface area contributed by atoms with Crippen LogP contribution in [0.25, 0.3) is 0 Å². The van der Waals surface area contributed by atoms with E-state index >= 15 is 0 Å². The highest BCUT2D eigenvalue weighted by atomic mass is 35.5. The number of hydrogen-bond donors (Lipinski definition) is 1. The van der Waals surface area contributed by atoms with Gasteiger partial charge in [-0.25, -0.2) is 4.98 Å². The van der Waals surface area contributed by atoms with Crippen molar-refractivity contribution in [1.29, 1.82) is 0 Å². The topological polar surface area (TPSA) is 34.2 Å². The van der Waals surface area contributed by atoms with Crippen molar-refractivity contribution in [2.45, 2.75) is 12.7 Å². The van der Waals surface area contributed by atoms with Crippen molar-refractivity contribution in [2.75, 3.05) is 7.05 Å². The van der Waals surface area contributed by atoms with E-state index in [0.717, 1.165) is 17.7 Å². The van der Waals surface area contributed by atoms with Crippen LogP contribution in [0.5, 0.6) is 11.6 Å². The normalized spacial score (nSPS) is 11.5. The van der Waals surface area contributed by atoms with E-state index in [1.165, 1.54) is 12.1 Å². The molecule has 1 heterocycles. The van der Waals surface area contributed by atoms with Crippen LogP contribution in [0.4, 0.5) is 13.2 Å². The third-order valence-electron chi connectivity index (χ3n) is 2.64. The molecule has 1 aromatic heterocycles. The van der Waals surface area contributed by atoms with E-state index in [4.69, 9.17) is 16.3 Å². The van der Waals surface area contributed by atoms with Gasteiger partial charge in [0, 0.05) is 12.7 Å². The summed E-state index contributed by atoms with van der Waals surface area (Å²) in [5.74, 6) is 0.384. The largest absolute Gasteiger partial charge is 0.438 e. The number of halogens is 4. The predicted molar refractivity (Wildman–Crippen MR) is 73.5 cm³/mol. The van der Waals surface area contributed by atoms with Gasteiger partial charge in [0.25, 0.3) is 0 Å². The third-order valence-corrected chi connectivity index (χ3v) is 2.91. The lowest BCUT2D eigenvalue weighted by atomic mass is 10.2. The molecule has 3 nitrogen and oxygen atoms in total. The first-order valence-electron chi connectivity index (χ1n) is 6.04. The van der Waals surface area contributed by atoms with E-state index in [0.29, 0.717) is 11.6 Å². The predicted octanol–water partition coefficient (Wildman–Crippen LogP) is 4.27. The molecule has 0 saturated carbocycles. The molecule has 112 valence electrons. The van der Waals surface area contributed by atoms with Gasteiger partial charge in [-0.05, 0) is 42.9 Å². The molecule has 7 heteroatoms. The van der Waals surface area contributed by atoms with Gasteiger partial charge in [-0.1, -0.05) is 11.6 Å². The number of nitrogens with zero attached hydrogens (tertiary/aromatic N) is 1. The molecule has 0 bridgehead atoms. The number of nitrogens with one attached hydrogen (secondary N) is 1. The highest BCUT2D eigenvalue weighted by Crippen LogP contribution is 2.32. The zero-order valence-corrected chi connectivity index (χ0v) is 11.8. The van der Waals surface area contributed by atoms with Gasteiger partial charge in [-0.3, -0.25) is 0 Å². The number of alkyl halides is 3. The second-order valence-corrected chi connectivity index (χ2v) is 4.69. The van der Waals surface area contributed by atoms with Crippen molar-refractivity contribution in [1.82, 2.24) is 10.3 Å². The summed E-state index contributed by atoms with van der Waals surface area (Å²) < 4.78 is 42.7. The summed E-state index contributed by atoms with van der Waals surface area (Å²) in [4.78, 5) is 4.05. The fourth-order valence-corrected chi connectivity index (χ4v) is 1.89. The highest BCUT2D eigenvalue weighted by Gasteiger charge is 2.30. The summed E-state index contributed by atoms with van der Waals surface area (Å²) in [5.41, 5.74) is 0.139. The van der Waals surface area contributed by atoms with Gasteiger partial charge in [0.15, 0.2) is 0 Å². The van der Waals surface area contributed by atoms with E-state index < -0.39 is 11.7 Å². The Morgan fingerprint density at radius 2 is 1.90 bits per heavy atom. The molecule has 2 aromatic rings. The maximum Gasteiger partial charge on any atom is 0.416 e. The maximum absolute atomic E-state index is 12.4. The minimum Gasteiger partial charge on any atom is -0.438 e. The molecule has 1 aromatic carbocycles. The zero-order valence-electron chi connectivity index (χ0n) is 11.0. The molecule has 0 aliphatic carbocycles. The number of rotatable bonds is 4. The van der Waals surface area contributed by atoms with Crippen molar-refractivity contribution >= 4 is 11.6 Å². The van der Waals surface area contributed by atoms with Crippen LogP contribution in [-0.2, 0) is 12.7 Å². The molecular weight excluding hydrogens is 305 g/mol. The van der Waals surface area contributed by atoms with Crippen LogP contribution < -0.4 is 10.1 Å². The molecule has 0 aliphatic heterocycles. The minimum atomic E-state index is -4.37. The lowest BCUT2D eigenvalue weighted by Crippen LogP contribution is -2.05. The standard InChI is InChI=1S/C14H12ClF3N2O/c1-19-7-9-6-12(15)13(20-8-9)21-11-4-2-10(3-5-11)14(16,17)18/h2-6,8,19H,7H2,1H3. The van der Waals surface area contributed by atoms with Gasteiger partial charge < -0.3 is 10.1 Å². The molecule has 0 aliphatic rings. The maximum atomic E-state index is 12.4. The van der Waals surface area contributed by atoms with Crippen LogP contribution in [0.15, 0.2) is 36.5 Å². The van der Waals surface area contributed by atoms with Crippen molar-refractivity contribution in [3.8, 4) is 11.6 Å². The highest BCUT2D eigenvalue weighted by molar-refractivity contribution is 6.31. The lowest BCUT2D eigenvalue weighted by molar-refractivity contribution is -0.137. The van der Waals surface area contributed by atoms with E-state index in [-0.39, 0.29) is 11.6 Å². The van der Waals surface area contributed by atoms with E-state index in [2.05, 4.69) is 10.3 Å². The quantitative estimate of drug-likeness (QED) is 0.915. The van der Waals surface area contributed by atoms with Gasteiger partial charge >= 0.3 is 6.18 Å². The molecular formula is C14H12ClF3N2O. The van der Waals surface area contributed by atoms with Crippen molar-refractivity contribution in [3.63, 3.8) is 0 Å². The number of aromatic nitrogens is 1. The first-order valence-corrected chi connectivity index (χ1v) is 6.42. The summed E-state index contributed by atoms with van der Waals surface area (Å²) in [7, 11) is 1.79. The van der Waals surface area contributed by atoms with E-state index in [1.807, 2.05) is 0 Å². The monoisotopic (exact) mass is 316 g/mol. The fraction of sp³-hybridized carbons (Fsp3) is 0.214. The van der Waals surface area contributed by atoms with Gasteiger partial charge in [-0.2, -0.15) is 13.2 Å². The Balaban J connectivity index is 2.15. The second-order valence-electron chi connectivity index (χ2n) is 4.29. The molecule has 1 N–H and O–H groups in total. The van der Waals surface area contributed by atoms with Gasteiger partial charge in [0.1, 0.15) is 10.8 Å². The number of hydrogen-bond acceptors (Lipinski definition) is 3. The lowest BCUT2D eigenvalue weighted by Gasteiger charge is -2.10. The first-order chi connectivity index (χ1) is 9.90. The Morgan fingerprint density at radius 1 is 1.24 bits per heavy atom. The van der Waals surface area contributed by atoms with Crippen LogP contribution >= 0.6 is 11.6 Å². The Hall–Kier alpha value is -1.79. The van der Waals surface area contributed by atoms with Crippen LogP contribution in [0, 0.1) is 0 Å². The number of benzene rings is 1. The average molecular weight is 317 g/mol. The van der Waals surface area contributed by atoms with Crippen molar-refractivity contribution < 1.29 is 17.9 Å². The summed E-state index contributed by atoms with van der Waals surface area (Å²) in [6.45, 7) is 0.604.